The van der Waals surface area contributed by atoms with Crippen LogP contribution in [0.3, 0.4) is 0 Å². The van der Waals surface area contributed by atoms with Crippen LogP contribution in [-0.2, 0) is 11.3 Å². The van der Waals surface area contributed by atoms with Crippen molar-refractivity contribution in [3.63, 3.8) is 0 Å². The van der Waals surface area contributed by atoms with Crippen LogP contribution in [0.4, 0.5) is 8.78 Å². The smallest absolute Gasteiger partial charge is 0.333 e. The average molecular weight is 249 g/mol. The van der Waals surface area contributed by atoms with Crippen molar-refractivity contribution in [3.05, 3.63) is 18.0 Å². The Morgan fingerprint density at radius 2 is 2.38 bits per heavy atom. The molecule has 0 radical (unpaired) electrons. The average Bonchev–Trinajstić information content (AvgIpc) is 2.66. The van der Waals surface area contributed by atoms with Crippen molar-refractivity contribution in [1.82, 2.24) is 14.7 Å². The van der Waals surface area contributed by atoms with Crippen LogP contribution in [0, 0.1) is 0 Å². The molecular weight excluding hydrogens is 236 g/mol. The summed E-state index contributed by atoms with van der Waals surface area (Å²) >= 11 is 3.95. The van der Waals surface area contributed by atoms with Crippen LogP contribution in [0.5, 0.6) is 0 Å². The van der Waals surface area contributed by atoms with E-state index in [1.807, 2.05) is 0 Å². The van der Waals surface area contributed by atoms with Crippen LogP contribution in [-0.4, -0.2) is 33.4 Å². The van der Waals surface area contributed by atoms with Gasteiger partial charge in [-0.2, -0.15) is 26.5 Å². The fourth-order valence-electron chi connectivity index (χ4n) is 1.19. The molecule has 4 nitrogen and oxygen atoms in total. The Balaban J connectivity index is 2.55. The maximum atomic E-state index is 12.2. The molecule has 0 saturated heterocycles. The summed E-state index contributed by atoms with van der Waals surface area (Å²) in [6, 6.07) is 1.47. The summed E-state index contributed by atoms with van der Waals surface area (Å²) in [5, 5.41) is 3.65. The van der Waals surface area contributed by atoms with Crippen molar-refractivity contribution in [2.75, 3.05) is 12.8 Å². The Hall–Kier alpha value is -1.11. The molecule has 0 bridgehead atoms. The van der Waals surface area contributed by atoms with Gasteiger partial charge >= 0.3 is 6.55 Å². The fourth-order valence-corrected chi connectivity index (χ4v) is 1.38. The SMILES string of the molecule is CN(Cc1ccn(C(F)F)n1)C(=O)CCS. The lowest BCUT2D eigenvalue weighted by Crippen LogP contribution is -2.26. The minimum absolute atomic E-state index is 0.0819. The lowest BCUT2D eigenvalue weighted by Gasteiger charge is -2.14. The first-order valence-electron chi connectivity index (χ1n) is 4.71. The van der Waals surface area contributed by atoms with Crippen LogP contribution in [0.2, 0.25) is 0 Å². The summed E-state index contributed by atoms with van der Waals surface area (Å²) in [7, 11) is 1.60. The van der Waals surface area contributed by atoms with E-state index in [4.69, 9.17) is 0 Å². The van der Waals surface area contributed by atoms with Gasteiger partial charge in [-0.05, 0) is 11.8 Å². The van der Waals surface area contributed by atoms with Crippen molar-refractivity contribution >= 4 is 18.5 Å². The Morgan fingerprint density at radius 3 is 2.88 bits per heavy atom. The van der Waals surface area contributed by atoms with Gasteiger partial charge in [0.2, 0.25) is 5.91 Å². The monoisotopic (exact) mass is 249 g/mol. The predicted molar refractivity (Wildman–Crippen MR) is 58.4 cm³/mol. The third-order valence-electron chi connectivity index (χ3n) is 2.01. The molecule has 16 heavy (non-hydrogen) atoms. The minimum atomic E-state index is -2.65. The first-order chi connectivity index (χ1) is 7.54. The van der Waals surface area contributed by atoms with Crippen molar-refractivity contribution in [1.29, 1.82) is 0 Å². The standard InChI is InChI=1S/C9H13F2N3OS/c1-13(8(15)3-5-16)6-7-2-4-14(12-7)9(10)11/h2,4,9,16H,3,5-6H2,1H3. The van der Waals surface area contributed by atoms with Gasteiger partial charge < -0.3 is 4.90 Å². The number of carbonyl (C=O) groups is 1. The highest BCUT2D eigenvalue weighted by Gasteiger charge is 2.12. The van der Waals surface area contributed by atoms with E-state index in [1.54, 1.807) is 7.05 Å². The summed E-state index contributed by atoms with van der Waals surface area (Å²) in [5.74, 6) is 0.385. The number of aromatic nitrogens is 2. The highest BCUT2D eigenvalue weighted by molar-refractivity contribution is 7.80. The second-order valence-corrected chi connectivity index (χ2v) is 3.74. The van der Waals surface area contributed by atoms with E-state index in [1.165, 1.54) is 17.2 Å². The van der Waals surface area contributed by atoms with Gasteiger partial charge in [0.25, 0.3) is 0 Å². The minimum Gasteiger partial charge on any atom is -0.340 e. The first kappa shape index (κ1) is 13.0. The molecule has 1 rings (SSSR count). The summed E-state index contributed by atoms with van der Waals surface area (Å²) in [4.78, 5) is 12.8. The number of amides is 1. The Kier molecular flexibility index (Phi) is 4.72. The highest BCUT2D eigenvalue weighted by atomic mass is 32.1. The number of rotatable bonds is 5. The number of alkyl halides is 2. The molecule has 0 aliphatic rings. The van der Waals surface area contributed by atoms with Crippen LogP contribution < -0.4 is 0 Å². The van der Waals surface area contributed by atoms with Crippen molar-refractivity contribution in [3.8, 4) is 0 Å². The molecule has 0 aromatic carbocycles. The van der Waals surface area contributed by atoms with Gasteiger partial charge in [0.1, 0.15) is 0 Å². The first-order valence-corrected chi connectivity index (χ1v) is 5.35. The second-order valence-electron chi connectivity index (χ2n) is 3.29. The number of hydrogen-bond acceptors (Lipinski definition) is 3. The number of thiol groups is 1. The second kappa shape index (κ2) is 5.83. The molecule has 0 aliphatic heterocycles. The predicted octanol–water partition coefficient (Wildman–Crippen LogP) is 1.56. The van der Waals surface area contributed by atoms with Gasteiger partial charge in [0.05, 0.1) is 12.2 Å². The van der Waals surface area contributed by atoms with E-state index in [0.29, 0.717) is 22.5 Å². The quantitative estimate of drug-likeness (QED) is 0.804. The van der Waals surface area contributed by atoms with Gasteiger partial charge in [0.15, 0.2) is 0 Å². The third kappa shape index (κ3) is 3.48. The number of hydrogen-bond donors (Lipinski definition) is 1. The number of halogens is 2. The summed E-state index contributed by atoms with van der Waals surface area (Å²) in [6.45, 7) is -2.42. The van der Waals surface area contributed by atoms with Gasteiger partial charge in [-0.25, -0.2) is 4.68 Å². The normalized spacial score (nSPS) is 10.8. The Labute approximate surface area is 97.6 Å². The van der Waals surface area contributed by atoms with Crippen LogP contribution in [0.1, 0.15) is 18.7 Å². The maximum absolute atomic E-state index is 12.2. The molecule has 0 fully saturated rings. The van der Waals surface area contributed by atoms with Crippen LogP contribution in [0.25, 0.3) is 0 Å². The molecule has 7 heteroatoms. The molecule has 0 aliphatic carbocycles. The molecule has 0 unspecified atom stereocenters. The van der Waals surface area contributed by atoms with E-state index in [9.17, 15) is 13.6 Å². The number of carbonyl (C=O) groups excluding carboxylic acids is 1. The molecule has 0 atom stereocenters. The molecular formula is C9H13F2N3OS. The fraction of sp³-hybridized carbons (Fsp3) is 0.556. The van der Waals surface area contributed by atoms with Gasteiger partial charge in [-0.3, -0.25) is 4.79 Å². The van der Waals surface area contributed by atoms with Gasteiger partial charge in [0, 0.05) is 19.7 Å². The summed E-state index contributed by atoms with van der Waals surface area (Å²) < 4.78 is 25.0. The zero-order valence-electron chi connectivity index (χ0n) is 8.81. The van der Waals surface area contributed by atoms with E-state index in [0.717, 1.165) is 0 Å². The Bertz CT molecular complexity index is 356. The van der Waals surface area contributed by atoms with Crippen molar-refractivity contribution in [2.45, 2.75) is 19.5 Å². The van der Waals surface area contributed by atoms with E-state index < -0.39 is 6.55 Å². The Morgan fingerprint density at radius 1 is 1.69 bits per heavy atom. The highest BCUT2D eigenvalue weighted by Crippen LogP contribution is 2.10. The van der Waals surface area contributed by atoms with Crippen LogP contribution >= 0.6 is 12.6 Å². The molecule has 1 aromatic rings. The molecule has 1 aromatic heterocycles. The zero-order valence-corrected chi connectivity index (χ0v) is 9.70. The molecule has 1 amide bonds. The number of nitrogens with zero attached hydrogens (tertiary/aromatic N) is 3. The molecule has 0 N–H and O–H groups in total. The molecule has 1 heterocycles. The van der Waals surface area contributed by atoms with Gasteiger partial charge in [-0.1, -0.05) is 0 Å². The van der Waals surface area contributed by atoms with E-state index in [-0.39, 0.29) is 12.5 Å². The van der Waals surface area contributed by atoms with Crippen LogP contribution in [0.15, 0.2) is 12.3 Å². The summed E-state index contributed by atoms with van der Waals surface area (Å²) in [5.41, 5.74) is 0.440. The lowest BCUT2D eigenvalue weighted by molar-refractivity contribution is -0.130. The van der Waals surface area contributed by atoms with Gasteiger partial charge in [-0.15, -0.1) is 0 Å². The molecule has 0 spiro atoms. The third-order valence-corrected chi connectivity index (χ3v) is 2.24. The van der Waals surface area contributed by atoms with Crippen molar-refractivity contribution in [2.24, 2.45) is 0 Å². The zero-order chi connectivity index (χ0) is 12.1. The molecule has 90 valence electrons. The molecule has 0 saturated carbocycles. The van der Waals surface area contributed by atoms with Crippen molar-refractivity contribution < 1.29 is 13.6 Å². The summed E-state index contributed by atoms with van der Waals surface area (Å²) in [6.07, 6.45) is 1.52. The van der Waals surface area contributed by atoms with E-state index >= 15 is 0 Å². The topological polar surface area (TPSA) is 38.1 Å². The maximum Gasteiger partial charge on any atom is 0.333 e. The van der Waals surface area contributed by atoms with E-state index in [2.05, 4.69) is 17.7 Å². The largest absolute Gasteiger partial charge is 0.340 e. The lowest BCUT2D eigenvalue weighted by atomic mass is 10.3.